The molecule has 0 radical (unpaired) electrons. The van der Waals surface area contributed by atoms with E-state index in [-0.39, 0.29) is 17.1 Å². The minimum absolute atomic E-state index is 0.0338. The molecule has 1 rings (SSSR count). The molecule has 0 atom stereocenters. The number of alkyl halides is 2. The summed E-state index contributed by atoms with van der Waals surface area (Å²) in [6.45, 7) is -0.508. The fourth-order valence-electron chi connectivity index (χ4n) is 1.68. The molecule has 18 heavy (non-hydrogen) atoms. The minimum atomic E-state index is -3.10. The quantitative estimate of drug-likeness (QED) is 0.850. The average Bonchev–Trinajstić information content (AvgIpc) is 2.36. The van der Waals surface area contributed by atoms with E-state index in [0.717, 1.165) is 0 Å². The zero-order valence-corrected chi connectivity index (χ0v) is 10.8. The largest absolute Gasteiger partial charge is 0.496 e. The van der Waals surface area contributed by atoms with Crippen LogP contribution in [-0.4, -0.2) is 34.9 Å². The Balaban J connectivity index is 3.39. The van der Waals surface area contributed by atoms with E-state index >= 15 is 0 Å². The molecule has 1 N–H and O–H groups in total. The Labute approximate surface area is 105 Å². The molecule has 0 aliphatic carbocycles. The van der Waals surface area contributed by atoms with Gasteiger partial charge >= 0.3 is 0 Å². The molecule has 0 bridgehead atoms. The summed E-state index contributed by atoms with van der Waals surface area (Å²) >= 11 is 0. The van der Waals surface area contributed by atoms with Crippen molar-refractivity contribution in [1.29, 1.82) is 0 Å². The summed E-state index contributed by atoms with van der Waals surface area (Å²) in [5.41, 5.74) is -0.289. The van der Waals surface area contributed by atoms with Gasteiger partial charge in [-0.2, -0.15) is 8.78 Å². The molecule has 0 spiro atoms. The second-order valence-corrected chi connectivity index (χ2v) is 3.64. The van der Waals surface area contributed by atoms with E-state index in [1.807, 2.05) is 0 Å². The molecular formula is C12H17F2NO3. The zero-order chi connectivity index (χ0) is 13.8. The molecule has 0 saturated carbocycles. The molecule has 1 aromatic carbocycles. The van der Waals surface area contributed by atoms with Crippen LogP contribution in [0.2, 0.25) is 0 Å². The highest BCUT2D eigenvalue weighted by atomic mass is 19.3. The normalized spacial score (nSPS) is 11.2. The van der Waals surface area contributed by atoms with Gasteiger partial charge in [-0.25, -0.2) is 0 Å². The van der Waals surface area contributed by atoms with Crippen molar-refractivity contribution in [2.45, 2.75) is 5.92 Å². The van der Waals surface area contributed by atoms with Crippen molar-refractivity contribution < 1.29 is 23.0 Å². The van der Waals surface area contributed by atoms with Crippen molar-refractivity contribution in [2.24, 2.45) is 0 Å². The average molecular weight is 261 g/mol. The first-order chi connectivity index (χ1) is 8.50. The molecule has 0 aliphatic heterocycles. The van der Waals surface area contributed by atoms with Crippen LogP contribution >= 0.6 is 0 Å². The number of methoxy groups -OCH3 is 3. The van der Waals surface area contributed by atoms with E-state index in [1.54, 1.807) is 0 Å². The number of ether oxygens (including phenoxy) is 3. The number of halogens is 2. The Morgan fingerprint density at radius 2 is 1.56 bits per heavy atom. The first-order valence-corrected chi connectivity index (χ1v) is 5.33. The molecule has 0 aliphatic rings. The minimum Gasteiger partial charge on any atom is -0.496 e. The van der Waals surface area contributed by atoms with Gasteiger partial charge in [0.15, 0.2) is 0 Å². The monoisotopic (exact) mass is 261 g/mol. The standard InChI is InChI=1S/C12H17F2NO3/c1-15-7-12(13,14)11-9(17-3)5-8(16-2)6-10(11)18-4/h5-6,15H,7H2,1-4H3. The zero-order valence-electron chi connectivity index (χ0n) is 10.8. The summed E-state index contributed by atoms with van der Waals surface area (Å²) < 4.78 is 43.0. The second kappa shape index (κ2) is 5.86. The van der Waals surface area contributed by atoms with Crippen molar-refractivity contribution in [1.82, 2.24) is 5.32 Å². The topological polar surface area (TPSA) is 39.7 Å². The van der Waals surface area contributed by atoms with Crippen LogP contribution in [-0.2, 0) is 5.92 Å². The van der Waals surface area contributed by atoms with E-state index in [9.17, 15) is 8.78 Å². The molecule has 0 unspecified atom stereocenters. The third-order valence-electron chi connectivity index (χ3n) is 2.48. The first-order valence-electron chi connectivity index (χ1n) is 5.33. The maximum absolute atomic E-state index is 14.0. The second-order valence-electron chi connectivity index (χ2n) is 3.64. The van der Waals surface area contributed by atoms with Gasteiger partial charge in [-0.3, -0.25) is 0 Å². The van der Waals surface area contributed by atoms with E-state index in [1.165, 1.54) is 40.5 Å². The van der Waals surface area contributed by atoms with Crippen LogP contribution < -0.4 is 19.5 Å². The van der Waals surface area contributed by atoms with Gasteiger partial charge in [-0.15, -0.1) is 0 Å². The van der Waals surface area contributed by atoms with Gasteiger partial charge in [0.05, 0.1) is 27.9 Å². The maximum atomic E-state index is 14.0. The van der Waals surface area contributed by atoms with Gasteiger partial charge in [0, 0.05) is 12.1 Å². The highest BCUT2D eigenvalue weighted by Gasteiger charge is 2.38. The third kappa shape index (κ3) is 2.81. The molecule has 0 heterocycles. The van der Waals surface area contributed by atoms with Gasteiger partial charge in [0.2, 0.25) is 0 Å². The molecular weight excluding hydrogens is 244 g/mol. The van der Waals surface area contributed by atoms with Crippen LogP contribution in [0.4, 0.5) is 8.78 Å². The molecule has 0 fully saturated rings. The van der Waals surface area contributed by atoms with Gasteiger partial charge in [-0.1, -0.05) is 0 Å². The van der Waals surface area contributed by atoms with Crippen LogP contribution in [0.25, 0.3) is 0 Å². The van der Waals surface area contributed by atoms with E-state index in [4.69, 9.17) is 14.2 Å². The number of nitrogens with one attached hydrogen (secondary N) is 1. The molecule has 102 valence electrons. The Morgan fingerprint density at radius 1 is 1.06 bits per heavy atom. The van der Waals surface area contributed by atoms with Gasteiger partial charge in [0.1, 0.15) is 22.8 Å². The van der Waals surface area contributed by atoms with Crippen molar-refractivity contribution in [2.75, 3.05) is 34.9 Å². The lowest BCUT2D eigenvalue weighted by Crippen LogP contribution is -2.29. The van der Waals surface area contributed by atoms with Gasteiger partial charge in [0.25, 0.3) is 5.92 Å². The summed E-state index contributed by atoms with van der Waals surface area (Å²) in [4.78, 5) is 0. The Morgan fingerprint density at radius 3 is 1.89 bits per heavy atom. The molecule has 0 aromatic heterocycles. The lowest BCUT2D eigenvalue weighted by molar-refractivity contribution is -0.00567. The number of hydrogen-bond acceptors (Lipinski definition) is 4. The summed E-state index contributed by atoms with van der Waals surface area (Å²) in [6.07, 6.45) is 0. The molecule has 4 nitrogen and oxygen atoms in total. The number of likely N-dealkylation sites (N-methyl/N-ethyl adjacent to an activating group) is 1. The SMILES string of the molecule is CNCC(F)(F)c1c(OC)cc(OC)cc1OC. The van der Waals surface area contributed by atoms with E-state index in [2.05, 4.69) is 5.32 Å². The van der Waals surface area contributed by atoms with Crippen LogP contribution in [0.1, 0.15) is 5.56 Å². The molecule has 0 amide bonds. The summed E-state index contributed by atoms with van der Waals surface area (Å²) in [7, 11) is 5.55. The summed E-state index contributed by atoms with van der Waals surface area (Å²) in [6, 6.07) is 2.81. The van der Waals surface area contributed by atoms with Crippen molar-refractivity contribution >= 4 is 0 Å². The third-order valence-corrected chi connectivity index (χ3v) is 2.48. The summed E-state index contributed by atoms with van der Waals surface area (Å²) in [5.74, 6) is -2.64. The molecule has 0 saturated heterocycles. The lowest BCUT2D eigenvalue weighted by Gasteiger charge is -2.22. The number of hydrogen-bond donors (Lipinski definition) is 1. The van der Waals surface area contributed by atoms with Crippen molar-refractivity contribution in [3.05, 3.63) is 17.7 Å². The fraction of sp³-hybridized carbons (Fsp3) is 0.500. The lowest BCUT2D eigenvalue weighted by atomic mass is 10.1. The number of benzene rings is 1. The van der Waals surface area contributed by atoms with E-state index < -0.39 is 12.5 Å². The van der Waals surface area contributed by atoms with E-state index in [0.29, 0.717) is 5.75 Å². The smallest absolute Gasteiger partial charge is 0.292 e. The highest BCUT2D eigenvalue weighted by molar-refractivity contribution is 5.53. The summed E-state index contributed by atoms with van der Waals surface area (Å²) in [5, 5.41) is 2.45. The van der Waals surface area contributed by atoms with Crippen LogP contribution in [0.3, 0.4) is 0 Å². The first kappa shape index (κ1) is 14.5. The Bertz CT molecular complexity index is 385. The fourth-order valence-corrected chi connectivity index (χ4v) is 1.68. The van der Waals surface area contributed by atoms with Crippen molar-refractivity contribution in [3.63, 3.8) is 0 Å². The maximum Gasteiger partial charge on any atom is 0.292 e. The van der Waals surface area contributed by atoms with Crippen molar-refractivity contribution in [3.8, 4) is 17.2 Å². The molecule has 6 heteroatoms. The Hall–Kier alpha value is -1.56. The highest BCUT2D eigenvalue weighted by Crippen LogP contribution is 2.43. The Kier molecular flexibility index (Phi) is 4.72. The van der Waals surface area contributed by atoms with Gasteiger partial charge in [-0.05, 0) is 7.05 Å². The van der Waals surface area contributed by atoms with Crippen LogP contribution in [0.15, 0.2) is 12.1 Å². The van der Waals surface area contributed by atoms with Crippen LogP contribution in [0.5, 0.6) is 17.2 Å². The predicted octanol–water partition coefficient (Wildman–Crippen LogP) is 2.02. The number of rotatable bonds is 6. The predicted molar refractivity (Wildman–Crippen MR) is 63.9 cm³/mol. The van der Waals surface area contributed by atoms with Gasteiger partial charge < -0.3 is 19.5 Å². The molecule has 1 aromatic rings. The van der Waals surface area contributed by atoms with Crippen LogP contribution in [0, 0.1) is 0 Å².